The molecule has 0 saturated carbocycles. The molecule has 0 radical (unpaired) electrons. The van der Waals surface area contributed by atoms with E-state index in [1.54, 1.807) is 11.3 Å². The second kappa shape index (κ2) is 6.70. The number of amides is 1. The lowest BCUT2D eigenvalue weighted by Crippen LogP contribution is -2.58. The van der Waals surface area contributed by atoms with Gasteiger partial charge in [-0.15, -0.1) is 11.3 Å². The Balaban J connectivity index is 1.83. The van der Waals surface area contributed by atoms with E-state index in [1.807, 2.05) is 11.8 Å². The predicted molar refractivity (Wildman–Crippen MR) is 83.7 cm³/mol. The highest BCUT2D eigenvalue weighted by molar-refractivity contribution is 7.09. The Morgan fingerprint density at radius 1 is 1.40 bits per heavy atom. The number of rotatable bonds is 5. The lowest BCUT2D eigenvalue weighted by molar-refractivity contribution is -0.138. The summed E-state index contributed by atoms with van der Waals surface area (Å²) in [5.41, 5.74) is 5.44. The molecular weight excluding hydrogens is 270 g/mol. The summed E-state index contributed by atoms with van der Waals surface area (Å²) in [5, 5.41) is 2.11. The number of carbonyl (C=O) groups excluding carboxylic acids is 1. The zero-order chi connectivity index (χ0) is 14.6. The molecule has 0 spiro atoms. The maximum Gasteiger partial charge on any atom is 0.242 e. The molecule has 4 nitrogen and oxygen atoms in total. The van der Waals surface area contributed by atoms with Crippen LogP contribution in [-0.2, 0) is 11.3 Å². The second-order valence-electron chi connectivity index (χ2n) is 5.82. The van der Waals surface area contributed by atoms with Crippen LogP contribution in [0, 0.1) is 0 Å². The van der Waals surface area contributed by atoms with Crippen LogP contribution in [0.5, 0.6) is 0 Å². The van der Waals surface area contributed by atoms with Gasteiger partial charge in [0.25, 0.3) is 0 Å². The van der Waals surface area contributed by atoms with Gasteiger partial charge in [-0.05, 0) is 24.8 Å². The molecule has 2 N–H and O–H groups in total. The number of nitrogens with two attached hydrogens (primary N) is 1. The highest BCUT2D eigenvalue weighted by atomic mass is 32.1. The number of nitrogens with zero attached hydrogens (tertiary/aromatic N) is 2. The molecule has 1 unspecified atom stereocenters. The molecule has 1 atom stereocenters. The van der Waals surface area contributed by atoms with Crippen molar-refractivity contribution in [2.45, 2.75) is 38.8 Å². The lowest BCUT2D eigenvalue weighted by atomic mass is 9.95. The fourth-order valence-electron chi connectivity index (χ4n) is 2.72. The molecule has 0 aliphatic carbocycles. The lowest BCUT2D eigenvalue weighted by Gasteiger charge is -2.38. The van der Waals surface area contributed by atoms with Crippen molar-refractivity contribution >= 4 is 17.2 Å². The molecule has 2 rings (SSSR count). The van der Waals surface area contributed by atoms with Crippen molar-refractivity contribution in [3.8, 4) is 0 Å². The molecule has 112 valence electrons. The van der Waals surface area contributed by atoms with Gasteiger partial charge < -0.3 is 10.6 Å². The highest BCUT2D eigenvalue weighted by Gasteiger charge is 2.33. The van der Waals surface area contributed by atoms with Gasteiger partial charge in [-0.1, -0.05) is 19.4 Å². The minimum absolute atomic E-state index is 0.107. The van der Waals surface area contributed by atoms with Gasteiger partial charge in [0, 0.05) is 37.6 Å². The Kier molecular flexibility index (Phi) is 5.18. The molecule has 1 aromatic rings. The second-order valence-corrected chi connectivity index (χ2v) is 6.85. The molecule has 1 aromatic heterocycles. The first-order valence-electron chi connectivity index (χ1n) is 7.36. The summed E-state index contributed by atoms with van der Waals surface area (Å²) < 4.78 is 0. The summed E-state index contributed by atoms with van der Waals surface area (Å²) in [5.74, 6) is 0.107. The minimum atomic E-state index is -0.704. The van der Waals surface area contributed by atoms with Crippen molar-refractivity contribution in [3.63, 3.8) is 0 Å². The van der Waals surface area contributed by atoms with Gasteiger partial charge in [-0.2, -0.15) is 0 Å². The van der Waals surface area contributed by atoms with Crippen molar-refractivity contribution in [1.82, 2.24) is 9.80 Å². The van der Waals surface area contributed by atoms with E-state index in [2.05, 4.69) is 29.3 Å². The molecule has 5 heteroatoms. The summed E-state index contributed by atoms with van der Waals surface area (Å²) in [6.45, 7) is 8.38. The molecule has 2 heterocycles. The SMILES string of the molecule is CCCC(C)(N)C(=O)N1CCN(Cc2cccs2)CC1. The third-order valence-electron chi connectivity index (χ3n) is 3.88. The average molecular weight is 295 g/mol. The van der Waals surface area contributed by atoms with E-state index < -0.39 is 5.54 Å². The first-order chi connectivity index (χ1) is 9.53. The number of thiophene rings is 1. The van der Waals surface area contributed by atoms with Crippen molar-refractivity contribution in [2.75, 3.05) is 26.2 Å². The van der Waals surface area contributed by atoms with Gasteiger partial charge in [0.05, 0.1) is 5.54 Å². The van der Waals surface area contributed by atoms with Gasteiger partial charge in [0.2, 0.25) is 5.91 Å². The highest BCUT2D eigenvalue weighted by Crippen LogP contribution is 2.17. The Bertz CT molecular complexity index is 422. The molecule has 1 aliphatic heterocycles. The third-order valence-corrected chi connectivity index (χ3v) is 4.74. The summed E-state index contributed by atoms with van der Waals surface area (Å²) in [6, 6.07) is 4.25. The summed E-state index contributed by atoms with van der Waals surface area (Å²) in [4.78, 5) is 18.1. The largest absolute Gasteiger partial charge is 0.339 e. The van der Waals surface area contributed by atoms with Crippen LogP contribution in [0.1, 0.15) is 31.6 Å². The first-order valence-corrected chi connectivity index (χ1v) is 8.24. The number of carbonyl (C=O) groups is 1. The van der Waals surface area contributed by atoms with E-state index in [0.29, 0.717) is 0 Å². The van der Waals surface area contributed by atoms with Crippen LogP contribution < -0.4 is 5.73 Å². The van der Waals surface area contributed by atoms with Crippen molar-refractivity contribution in [3.05, 3.63) is 22.4 Å². The van der Waals surface area contributed by atoms with E-state index in [9.17, 15) is 4.79 Å². The molecule has 0 bridgehead atoms. The Morgan fingerprint density at radius 3 is 2.65 bits per heavy atom. The minimum Gasteiger partial charge on any atom is -0.339 e. The van der Waals surface area contributed by atoms with Crippen LogP contribution in [0.15, 0.2) is 17.5 Å². The Morgan fingerprint density at radius 2 is 2.10 bits per heavy atom. The number of hydrogen-bond acceptors (Lipinski definition) is 4. The quantitative estimate of drug-likeness (QED) is 0.903. The van der Waals surface area contributed by atoms with Crippen LogP contribution >= 0.6 is 11.3 Å². The maximum atomic E-state index is 12.4. The Hall–Kier alpha value is -0.910. The normalized spacial score (nSPS) is 19.9. The van der Waals surface area contributed by atoms with Crippen molar-refractivity contribution in [2.24, 2.45) is 5.73 Å². The van der Waals surface area contributed by atoms with Crippen LogP contribution in [-0.4, -0.2) is 47.4 Å². The maximum absolute atomic E-state index is 12.4. The molecule has 0 aromatic carbocycles. The third kappa shape index (κ3) is 3.81. The van der Waals surface area contributed by atoms with Gasteiger partial charge in [-0.3, -0.25) is 9.69 Å². The number of piperazine rings is 1. The van der Waals surface area contributed by atoms with Crippen LogP contribution in [0.2, 0.25) is 0 Å². The first kappa shape index (κ1) is 15.5. The molecular formula is C15H25N3OS. The molecule has 1 amide bonds. The standard InChI is InChI=1S/C15H25N3OS/c1-3-6-15(2,16)14(19)18-9-7-17(8-10-18)12-13-5-4-11-20-13/h4-5,11H,3,6-10,12,16H2,1-2H3. The fraction of sp³-hybridized carbons (Fsp3) is 0.667. The van der Waals surface area contributed by atoms with Gasteiger partial charge in [-0.25, -0.2) is 0 Å². The average Bonchev–Trinajstić information content (AvgIpc) is 2.91. The molecule has 1 saturated heterocycles. The van der Waals surface area contributed by atoms with Gasteiger partial charge >= 0.3 is 0 Å². The Labute approximate surface area is 125 Å². The van der Waals surface area contributed by atoms with E-state index >= 15 is 0 Å². The van der Waals surface area contributed by atoms with E-state index in [4.69, 9.17) is 5.73 Å². The summed E-state index contributed by atoms with van der Waals surface area (Å²) >= 11 is 1.79. The number of hydrogen-bond donors (Lipinski definition) is 1. The molecule has 1 fully saturated rings. The van der Waals surface area contributed by atoms with Crippen molar-refractivity contribution in [1.29, 1.82) is 0 Å². The molecule has 20 heavy (non-hydrogen) atoms. The molecule has 1 aliphatic rings. The predicted octanol–water partition coefficient (Wildman–Crippen LogP) is 1.91. The topological polar surface area (TPSA) is 49.6 Å². The van der Waals surface area contributed by atoms with Gasteiger partial charge in [0.15, 0.2) is 0 Å². The van der Waals surface area contributed by atoms with Crippen molar-refractivity contribution < 1.29 is 4.79 Å². The summed E-state index contributed by atoms with van der Waals surface area (Å²) in [7, 11) is 0. The van der Waals surface area contributed by atoms with Gasteiger partial charge in [0.1, 0.15) is 0 Å². The van der Waals surface area contributed by atoms with Crippen LogP contribution in [0.4, 0.5) is 0 Å². The van der Waals surface area contributed by atoms with E-state index in [-0.39, 0.29) is 5.91 Å². The van der Waals surface area contributed by atoms with Crippen LogP contribution in [0.3, 0.4) is 0 Å². The van der Waals surface area contributed by atoms with Crippen LogP contribution in [0.25, 0.3) is 0 Å². The monoisotopic (exact) mass is 295 g/mol. The zero-order valence-electron chi connectivity index (χ0n) is 12.5. The smallest absolute Gasteiger partial charge is 0.242 e. The summed E-state index contributed by atoms with van der Waals surface area (Å²) in [6.07, 6.45) is 1.69. The van der Waals surface area contributed by atoms with E-state index in [0.717, 1.165) is 45.6 Å². The van der Waals surface area contributed by atoms with E-state index in [1.165, 1.54) is 4.88 Å². The fourth-order valence-corrected chi connectivity index (χ4v) is 3.47. The zero-order valence-corrected chi connectivity index (χ0v) is 13.3.